The van der Waals surface area contributed by atoms with Crippen molar-refractivity contribution < 1.29 is 16.0 Å². The van der Waals surface area contributed by atoms with Gasteiger partial charge in [0, 0.05) is 0 Å². The number of rotatable bonds is 19. The first-order valence-electron chi connectivity index (χ1n) is 13.4. The van der Waals surface area contributed by atoms with Gasteiger partial charge in [0.15, 0.2) is 0 Å². The summed E-state index contributed by atoms with van der Waals surface area (Å²) in [5.41, 5.74) is 4.71. The minimum atomic E-state index is -1.50. The molecule has 1 nitrogen and oxygen atoms in total. The molecule has 1 aromatic carbocycles. The van der Waals surface area contributed by atoms with Gasteiger partial charge < -0.3 is 5.73 Å². The number of thiocarbonyl (C=S) groups is 1. The van der Waals surface area contributed by atoms with E-state index < -0.39 is 16.0 Å². The van der Waals surface area contributed by atoms with Crippen molar-refractivity contribution in [2.75, 3.05) is 0 Å². The van der Waals surface area contributed by atoms with E-state index in [4.69, 9.17) is 5.73 Å². The van der Waals surface area contributed by atoms with Gasteiger partial charge in [0.05, 0.1) is 0 Å². The second kappa shape index (κ2) is 24.7. The van der Waals surface area contributed by atoms with Crippen LogP contribution in [0.25, 0.3) is 0 Å². The summed E-state index contributed by atoms with van der Waals surface area (Å²) in [7, 11) is 0. The molecule has 0 fully saturated rings. The second-order valence-corrected chi connectivity index (χ2v) is 18.8. The normalized spacial score (nSPS) is 10.4. The SMILES string of the molecule is CCCCCCCCC[CH2][Zn]([CH2]CCCCCCCCC)[c]1ccccc1.NC(=S)S. The molecule has 0 heterocycles. The van der Waals surface area contributed by atoms with Gasteiger partial charge in [-0.25, -0.2) is 0 Å². The average molecular weight is 518 g/mol. The van der Waals surface area contributed by atoms with E-state index in [-0.39, 0.29) is 4.32 Å². The third-order valence-corrected chi connectivity index (χ3v) is 15.6. The van der Waals surface area contributed by atoms with Gasteiger partial charge in [-0.05, 0) is 0 Å². The van der Waals surface area contributed by atoms with E-state index >= 15 is 0 Å². The van der Waals surface area contributed by atoms with Crippen LogP contribution in [0.15, 0.2) is 30.3 Å². The predicted molar refractivity (Wildman–Crippen MR) is 147 cm³/mol. The number of hydrogen-bond donors (Lipinski definition) is 2. The molecule has 0 aliphatic rings. The topological polar surface area (TPSA) is 26.0 Å². The molecule has 4 heteroatoms. The molecular weight excluding hydrogens is 468 g/mol. The molecule has 0 aliphatic heterocycles. The molecular formula is C27H50NS2Zn. The molecule has 31 heavy (non-hydrogen) atoms. The standard InChI is InChI=1S/2C10H21.C6H5.CH3NS2.Zn/c2*1-3-5-7-9-10-8-6-4-2;1-2-4-6-5-3-1;2-1(3)4;/h2*1,3-10H2,2H3;1-5H;(H3,2,3,4);. The summed E-state index contributed by atoms with van der Waals surface area (Å²) in [5, 5.41) is 3.21. The van der Waals surface area contributed by atoms with Crippen molar-refractivity contribution in [3.8, 4) is 0 Å². The molecule has 0 radical (unpaired) electrons. The van der Waals surface area contributed by atoms with E-state index in [9.17, 15) is 0 Å². The molecule has 1 aromatic rings. The van der Waals surface area contributed by atoms with Crippen LogP contribution in [0.5, 0.6) is 0 Å². The van der Waals surface area contributed by atoms with Crippen molar-refractivity contribution in [3.63, 3.8) is 0 Å². The zero-order valence-corrected chi connectivity index (χ0v) is 25.4. The molecule has 0 aromatic heterocycles. The fraction of sp³-hybridized carbons (Fsp3) is 0.741. The molecule has 0 spiro atoms. The van der Waals surface area contributed by atoms with Gasteiger partial charge in [-0.2, -0.15) is 0 Å². The largest absolute Gasteiger partial charge is 0.385 e. The van der Waals surface area contributed by atoms with Crippen molar-refractivity contribution in [2.45, 2.75) is 127 Å². The van der Waals surface area contributed by atoms with Crippen molar-refractivity contribution in [1.82, 2.24) is 0 Å². The summed E-state index contributed by atoms with van der Waals surface area (Å²) in [5.74, 6) is 0. The fourth-order valence-corrected chi connectivity index (χ4v) is 13.1. The summed E-state index contributed by atoms with van der Waals surface area (Å²) in [4.78, 5) is 0. The van der Waals surface area contributed by atoms with Crippen molar-refractivity contribution in [1.29, 1.82) is 0 Å². The van der Waals surface area contributed by atoms with E-state index in [0.29, 0.717) is 0 Å². The van der Waals surface area contributed by atoms with Crippen LogP contribution in [-0.2, 0) is 16.0 Å². The van der Waals surface area contributed by atoms with Crippen LogP contribution in [0.4, 0.5) is 0 Å². The molecule has 177 valence electrons. The Bertz CT molecular complexity index is 471. The maximum absolute atomic E-state index is 4.71. The quantitative estimate of drug-likeness (QED) is 0.0827. The van der Waals surface area contributed by atoms with Gasteiger partial charge in [0.25, 0.3) is 0 Å². The van der Waals surface area contributed by atoms with Gasteiger partial charge in [-0.1, -0.05) is 12.2 Å². The second-order valence-electron chi connectivity index (χ2n) is 9.33. The Morgan fingerprint density at radius 3 is 1.35 bits per heavy atom. The van der Waals surface area contributed by atoms with Crippen LogP contribution in [0.2, 0.25) is 10.0 Å². The summed E-state index contributed by atoms with van der Waals surface area (Å²) in [6, 6.07) is 11.7. The number of hydrogen-bond acceptors (Lipinski definition) is 1. The molecule has 0 aliphatic carbocycles. The van der Waals surface area contributed by atoms with Crippen LogP contribution in [0, 0.1) is 0 Å². The van der Waals surface area contributed by atoms with Crippen molar-refractivity contribution >= 4 is 33.3 Å². The summed E-state index contributed by atoms with van der Waals surface area (Å²) in [6.07, 6.45) is 23.4. The third kappa shape index (κ3) is 23.0. The summed E-state index contributed by atoms with van der Waals surface area (Å²) < 4.78 is 1.99. The van der Waals surface area contributed by atoms with Crippen LogP contribution in [-0.4, -0.2) is 4.32 Å². The van der Waals surface area contributed by atoms with Crippen molar-refractivity contribution in [2.24, 2.45) is 5.73 Å². The Balaban J connectivity index is 0.00000206. The first kappa shape index (κ1) is 31.1. The smallest absolute Gasteiger partial charge is 0.128 e. The number of nitrogens with two attached hydrogens (primary N) is 1. The number of thiol groups is 1. The molecule has 0 unspecified atom stereocenters. The fourth-order valence-electron chi connectivity index (χ4n) is 4.62. The first-order chi connectivity index (χ1) is 15.1. The van der Waals surface area contributed by atoms with Gasteiger partial charge >= 0.3 is 177 Å². The minimum Gasteiger partial charge on any atom is -0.385 e. The molecule has 0 saturated heterocycles. The maximum atomic E-state index is 4.71. The molecule has 0 saturated carbocycles. The Labute approximate surface area is 211 Å². The Morgan fingerprint density at radius 1 is 0.677 bits per heavy atom. The van der Waals surface area contributed by atoms with Crippen LogP contribution < -0.4 is 9.89 Å². The van der Waals surface area contributed by atoms with Gasteiger partial charge in [-0.3, -0.25) is 0 Å². The van der Waals surface area contributed by atoms with Crippen LogP contribution >= 0.6 is 24.8 Å². The summed E-state index contributed by atoms with van der Waals surface area (Å²) in [6.45, 7) is 4.62. The monoisotopic (exact) mass is 516 g/mol. The zero-order chi connectivity index (χ0) is 23.0. The Morgan fingerprint density at radius 2 is 1.00 bits per heavy atom. The van der Waals surface area contributed by atoms with E-state index in [2.05, 4.69) is 69.0 Å². The predicted octanol–water partition coefficient (Wildman–Crippen LogP) is 9.21. The molecule has 1 rings (SSSR count). The van der Waals surface area contributed by atoms with E-state index in [0.717, 1.165) is 0 Å². The Kier molecular flexibility index (Phi) is 24.8. The van der Waals surface area contributed by atoms with Crippen molar-refractivity contribution in [3.05, 3.63) is 30.3 Å². The first-order valence-corrected chi connectivity index (χ1v) is 19.9. The van der Waals surface area contributed by atoms with Gasteiger partial charge in [0.2, 0.25) is 0 Å². The number of benzene rings is 1. The van der Waals surface area contributed by atoms with Crippen LogP contribution in [0.3, 0.4) is 0 Å². The summed E-state index contributed by atoms with van der Waals surface area (Å²) >= 11 is 6.16. The molecule has 2 N–H and O–H groups in total. The molecule has 0 amide bonds. The maximum Gasteiger partial charge on any atom is 0.128 e. The van der Waals surface area contributed by atoms with Gasteiger partial charge in [-0.15, -0.1) is 12.6 Å². The third-order valence-electron chi connectivity index (χ3n) is 6.48. The molecule has 0 atom stereocenters. The average Bonchev–Trinajstić information content (AvgIpc) is 2.76. The van der Waals surface area contributed by atoms with E-state index in [1.807, 2.05) is 0 Å². The minimum absolute atomic E-state index is 0.194. The molecule has 0 bridgehead atoms. The van der Waals surface area contributed by atoms with E-state index in [1.165, 1.54) is 103 Å². The Hall–Kier alpha value is 0.0834. The zero-order valence-electron chi connectivity index (χ0n) is 20.8. The van der Waals surface area contributed by atoms with E-state index in [1.54, 1.807) is 14.2 Å². The van der Waals surface area contributed by atoms with Gasteiger partial charge in [0.1, 0.15) is 4.32 Å². The number of unbranched alkanes of at least 4 members (excludes halogenated alkanes) is 14. The van der Waals surface area contributed by atoms with Crippen LogP contribution in [0.1, 0.15) is 117 Å².